The average Bonchev–Trinajstić information content (AvgIpc) is 2.14. The summed E-state index contributed by atoms with van der Waals surface area (Å²) in [7, 11) is 0. The molecule has 0 bridgehead atoms. The van der Waals surface area contributed by atoms with Crippen molar-refractivity contribution < 1.29 is 27.1 Å². The lowest BCUT2D eigenvalue weighted by Gasteiger charge is -2.13. The number of aromatic nitrogens is 1. The number of nitrogen functional groups attached to an aromatic ring is 1. The number of hydrogen-bond donors (Lipinski definition) is 2. The van der Waals surface area contributed by atoms with Gasteiger partial charge in [0.25, 0.3) is 6.43 Å². The molecule has 1 aromatic rings. The first-order chi connectivity index (χ1) is 7.27. The van der Waals surface area contributed by atoms with Crippen molar-refractivity contribution in [2.24, 2.45) is 0 Å². The first kappa shape index (κ1) is 12.6. The van der Waals surface area contributed by atoms with Crippen molar-refractivity contribution in [2.45, 2.75) is 19.2 Å². The van der Waals surface area contributed by atoms with Gasteiger partial charge < -0.3 is 10.8 Å². The number of hydrogen-bond acceptors (Lipinski definition) is 3. The highest BCUT2D eigenvalue weighted by atomic mass is 19.4. The molecule has 0 aromatic carbocycles. The van der Waals surface area contributed by atoms with Crippen LogP contribution in [-0.4, -0.2) is 10.1 Å². The maximum absolute atomic E-state index is 12.4. The predicted octanol–water partition coefficient (Wildman–Crippen LogP) is 2.11. The summed E-state index contributed by atoms with van der Waals surface area (Å²) in [5, 5.41) is 8.65. The van der Waals surface area contributed by atoms with Crippen LogP contribution in [0, 0.1) is 0 Å². The standard InChI is InChI=1S/C8H7F5N2O/c9-6(10)3-1-4(8(11,12)13)7(14)15-5(3)2-16/h1,6,16H,2H2,(H2,14,15). The summed E-state index contributed by atoms with van der Waals surface area (Å²) in [4.78, 5) is 3.11. The highest BCUT2D eigenvalue weighted by molar-refractivity contribution is 5.45. The zero-order chi connectivity index (χ0) is 12.5. The first-order valence-corrected chi connectivity index (χ1v) is 4.03. The van der Waals surface area contributed by atoms with Gasteiger partial charge in [0.15, 0.2) is 0 Å². The number of nitrogens with zero attached hydrogens (tertiary/aromatic N) is 1. The van der Waals surface area contributed by atoms with E-state index in [0.29, 0.717) is 0 Å². The second-order valence-corrected chi connectivity index (χ2v) is 2.91. The van der Waals surface area contributed by atoms with Crippen LogP contribution in [0.25, 0.3) is 0 Å². The van der Waals surface area contributed by atoms with E-state index in [1.807, 2.05) is 0 Å². The fourth-order valence-electron chi connectivity index (χ4n) is 1.13. The number of pyridine rings is 1. The van der Waals surface area contributed by atoms with Crippen LogP contribution in [0.5, 0.6) is 0 Å². The predicted molar refractivity (Wildman–Crippen MR) is 44.5 cm³/mol. The average molecular weight is 242 g/mol. The number of halogens is 5. The number of nitrogens with two attached hydrogens (primary N) is 1. The van der Waals surface area contributed by atoms with Crippen molar-refractivity contribution in [1.82, 2.24) is 4.98 Å². The van der Waals surface area contributed by atoms with Crippen LogP contribution in [0.2, 0.25) is 0 Å². The van der Waals surface area contributed by atoms with Crippen LogP contribution in [0.15, 0.2) is 6.07 Å². The largest absolute Gasteiger partial charge is 0.419 e. The zero-order valence-electron chi connectivity index (χ0n) is 7.72. The molecule has 1 rings (SSSR count). The Morgan fingerprint density at radius 3 is 2.31 bits per heavy atom. The Morgan fingerprint density at radius 2 is 1.94 bits per heavy atom. The lowest BCUT2D eigenvalue weighted by molar-refractivity contribution is -0.137. The Hall–Kier alpha value is -1.44. The van der Waals surface area contributed by atoms with Gasteiger partial charge in [0.2, 0.25) is 0 Å². The van der Waals surface area contributed by atoms with Crippen LogP contribution in [0.4, 0.5) is 27.8 Å². The van der Waals surface area contributed by atoms with Crippen molar-refractivity contribution in [3.05, 3.63) is 22.9 Å². The van der Waals surface area contributed by atoms with Crippen LogP contribution in [0.1, 0.15) is 23.2 Å². The quantitative estimate of drug-likeness (QED) is 0.781. The molecule has 3 nitrogen and oxygen atoms in total. The minimum Gasteiger partial charge on any atom is -0.390 e. The van der Waals surface area contributed by atoms with E-state index >= 15 is 0 Å². The fourth-order valence-corrected chi connectivity index (χ4v) is 1.13. The monoisotopic (exact) mass is 242 g/mol. The van der Waals surface area contributed by atoms with Crippen LogP contribution in [-0.2, 0) is 12.8 Å². The second-order valence-electron chi connectivity index (χ2n) is 2.91. The SMILES string of the molecule is Nc1nc(CO)c(C(F)F)cc1C(F)(F)F. The minimum absolute atomic E-state index is 0.207. The smallest absolute Gasteiger partial charge is 0.390 e. The number of aliphatic hydroxyl groups is 1. The van der Waals surface area contributed by atoms with Gasteiger partial charge in [-0.15, -0.1) is 0 Å². The number of rotatable bonds is 2. The second kappa shape index (κ2) is 4.20. The van der Waals surface area contributed by atoms with Crippen LogP contribution < -0.4 is 5.73 Å². The van der Waals surface area contributed by atoms with Gasteiger partial charge in [-0.25, -0.2) is 13.8 Å². The molecular weight excluding hydrogens is 235 g/mol. The maximum Gasteiger partial charge on any atom is 0.419 e. The third kappa shape index (κ3) is 2.38. The van der Waals surface area contributed by atoms with Gasteiger partial charge in [-0.3, -0.25) is 0 Å². The maximum atomic E-state index is 12.4. The molecule has 0 aliphatic carbocycles. The van der Waals surface area contributed by atoms with Gasteiger partial charge in [-0.1, -0.05) is 0 Å². The van der Waals surface area contributed by atoms with E-state index < -0.39 is 41.8 Å². The molecule has 90 valence electrons. The van der Waals surface area contributed by atoms with E-state index in [4.69, 9.17) is 10.8 Å². The Balaban J connectivity index is 3.39. The third-order valence-corrected chi connectivity index (χ3v) is 1.85. The lowest BCUT2D eigenvalue weighted by Crippen LogP contribution is -2.13. The number of alkyl halides is 5. The topological polar surface area (TPSA) is 59.1 Å². The molecule has 16 heavy (non-hydrogen) atoms. The van der Waals surface area contributed by atoms with Crippen molar-refractivity contribution in [3.8, 4) is 0 Å². The molecule has 0 aliphatic heterocycles. The molecule has 1 heterocycles. The molecule has 3 N–H and O–H groups in total. The van der Waals surface area contributed by atoms with Gasteiger partial charge in [0, 0.05) is 5.56 Å². The third-order valence-electron chi connectivity index (χ3n) is 1.85. The Kier molecular flexibility index (Phi) is 3.32. The van der Waals surface area contributed by atoms with Gasteiger partial charge >= 0.3 is 6.18 Å². The molecule has 0 fully saturated rings. The summed E-state index contributed by atoms with van der Waals surface area (Å²) >= 11 is 0. The van der Waals surface area contributed by atoms with Crippen molar-refractivity contribution >= 4 is 5.82 Å². The van der Waals surface area contributed by atoms with E-state index in [0.717, 1.165) is 0 Å². The molecular formula is C8H7F5N2O. The molecule has 0 saturated heterocycles. The molecule has 0 saturated carbocycles. The van der Waals surface area contributed by atoms with Crippen LogP contribution >= 0.6 is 0 Å². The number of anilines is 1. The van der Waals surface area contributed by atoms with Crippen molar-refractivity contribution in [3.63, 3.8) is 0 Å². The van der Waals surface area contributed by atoms with Crippen molar-refractivity contribution in [1.29, 1.82) is 0 Å². The summed E-state index contributed by atoms with van der Waals surface area (Å²) in [5.41, 5.74) is 2.01. The van der Waals surface area contributed by atoms with E-state index in [9.17, 15) is 22.0 Å². The Bertz CT molecular complexity index is 391. The summed E-state index contributed by atoms with van der Waals surface area (Å²) < 4.78 is 61.6. The summed E-state index contributed by atoms with van der Waals surface area (Å²) in [6, 6.07) is 0.207. The van der Waals surface area contributed by atoms with E-state index in [1.165, 1.54) is 0 Å². The highest BCUT2D eigenvalue weighted by Crippen LogP contribution is 2.36. The fraction of sp³-hybridized carbons (Fsp3) is 0.375. The summed E-state index contributed by atoms with van der Waals surface area (Å²) in [5.74, 6) is -0.930. The van der Waals surface area contributed by atoms with Crippen LogP contribution in [0.3, 0.4) is 0 Å². The molecule has 0 aliphatic rings. The van der Waals surface area contributed by atoms with Crippen molar-refractivity contribution in [2.75, 3.05) is 5.73 Å². The van der Waals surface area contributed by atoms with Gasteiger partial charge in [-0.05, 0) is 6.07 Å². The van der Waals surface area contributed by atoms with E-state index in [2.05, 4.69) is 4.98 Å². The minimum atomic E-state index is -4.85. The molecule has 1 aromatic heterocycles. The molecule has 8 heteroatoms. The lowest BCUT2D eigenvalue weighted by atomic mass is 10.1. The first-order valence-electron chi connectivity index (χ1n) is 4.03. The molecule has 0 radical (unpaired) electrons. The Morgan fingerprint density at radius 1 is 1.38 bits per heavy atom. The van der Waals surface area contributed by atoms with E-state index in [1.54, 1.807) is 0 Å². The molecule has 0 atom stereocenters. The number of aliphatic hydroxyl groups excluding tert-OH is 1. The van der Waals surface area contributed by atoms with Gasteiger partial charge in [0.05, 0.1) is 17.9 Å². The summed E-state index contributed by atoms with van der Waals surface area (Å²) in [6.07, 6.45) is -8.01. The molecule has 0 unspecified atom stereocenters. The Labute approximate surface area is 86.7 Å². The molecule has 0 spiro atoms. The van der Waals surface area contributed by atoms with Gasteiger partial charge in [-0.2, -0.15) is 13.2 Å². The zero-order valence-corrected chi connectivity index (χ0v) is 7.72. The summed E-state index contributed by atoms with van der Waals surface area (Å²) in [6.45, 7) is -0.901. The highest BCUT2D eigenvalue weighted by Gasteiger charge is 2.35. The van der Waals surface area contributed by atoms with Gasteiger partial charge in [0.1, 0.15) is 5.82 Å². The van der Waals surface area contributed by atoms with E-state index in [-0.39, 0.29) is 6.07 Å². The molecule has 0 amide bonds. The normalized spacial score (nSPS) is 12.2.